The molecule has 190 valence electrons. The van der Waals surface area contributed by atoms with Crippen molar-refractivity contribution in [2.45, 2.75) is 123 Å². The van der Waals surface area contributed by atoms with Gasteiger partial charge in [-0.2, -0.15) is 0 Å². The highest BCUT2D eigenvalue weighted by Crippen LogP contribution is 2.69. The molecule has 0 aromatic carbocycles. The summed E-state index contributed by atoms with van der Waals surface area (Å²) >= 11 is 0. The van der Waals surface area contributed by atoms with Crippen molar-refractivity contribution in [2.24, 2.45) is 52.3 Å². The standard InChI is InChI=1S/C30H52O3/c1-5-30(32)15-14-28(3)22(19-30)6-7-23-25-9-8-24(29(25,4)13-10-26(23)28)20(2)27(31)18-21-11-16-33-17-12-21/h20-27,31-32H,5-19H2,1-4H3/t20-,22-,23-,24+,25-,26-,27-,28-,29+,30-/m0/s1. The predicted octanol–water partition coefficient (Wildman–Crippen LogP) is 6.60. The normalized spacial score (nSPS) is 50.2. The van der Waals surface area contributed by atoms with E-state index in [1.54, 1.807) is 0 Å². The molecule has 33 heavy (non-hydrogen) atoms. The van der Waals surface area contributed by atoms with Gasteiger partial charge in [0.25, 0.3) is 0 Å². The van der Waals surface area contributed by atoms with E-state index < -0.39 is 5.60 Å². The molecule has 4 aliphatic carbocycles. The van der Waals surface area contributed by atoms with E-state index in [2.05, 4.69) is 27.7 Å². The van der Waals surface area contributed by atoms with Gasteiger partial charge < -0.3 is 14.9 Å². The molecule has 0 aromatic heterocycles. The van der Waals surface area contributed by atoms with Gasteiger partial charge in [-0.05, 0) is 136 Å². The maximum absolute atomic E-state index is 11.3. The van der Waals surface area contributed by atoms with Crippen LogP contribution in [0.1, 0.15) is 111 Å². The summed E-state index contributed by atoms with van der Waals surface area (Å²) in [5, 5.41) is 22.3. The number of fused-ring (bicyclic) bond motifs is 5. The Morgan fingerprint density at radius 2 is 1.61 bits per heavy atom. The van der Waals surface area contributed by atoms with Crippen molar-refractivity contribution in [3.05, 3.63) is 0 Å². The summed E-state index contributed by atoms with van der Waals surface area (Å²) in [5.74, 6) is 5.06. The van der Waals surface area contributed by atoms with Crippen molar-refractivity contribution in [3.8, 4) is 0 Å². The van der Waals surface area contributed by atoms with E-state index in [4.69, 9.17) is 4.74 Å². The molecule has 4 saturated carbocycles. The Labute approximate surface area is 203 Å². The second-order valence-corrected chi connectivity index (χ2v) is 13.9. The van der Waals surface area contributed by atoms with E-state index in [9.17, 15) is 10.2 Å². The summed E-state index contributed by atoms with van der Waals surface area (Å²) in [6, 6.07) is 0. The Hall–Kier alpha value is -0.120. The van der Waals surface area contributed by atoms with Gasteiger partial charge in [-0.3, -0.25) is 0 Å². The van der Waals surface area contributed by atoms with Crippen LogP contribution in [0.15, 0.2) is 0 Å². The van der Waals surface area contributed by atoms with Gasteiger partial charge in [-0.1, -0.05) is 27.7 Å². The molecule has 1 aliphatic heterocycles. The Bertz CT molecular complexity index is 688. The van der Waals surface area contributed by atoms with Crippen LogP contribution in [0.4, 0.5) is 0 Å². The van der Waals surface area contributed by atoms with Crippen LogP contribution < -0.4 is 0 Å². The van der Waals surface area contributed by atoms with Crippen LogP contribution in [-0.2, 0) is 4.74 Å². The lowest BCUT2D eigenvalue weighted by atomic mass is 9.43. The number of ether oxygens (including phenoxy) is 1. The second kappa shape index (κ2) is 9.07. The lowest BCUT2D eigenvalue weighted by Crippen LogP contribution is -2.56. The molecule has 1 saturated heterocycles. The van der Waals surface area contributed by atoms with Gasteiger partial charge in [0.05, 0.1) is 11.7 Å². The maximum Gasteiger partial charge on any atom is 0.0648 e. The molecule has 0 spiro atoms. The number of rotatable bonds is 5. The molecule has 5 aliphatic rings. The first-order chi connectivity index (χ1) is 15.7. The van der Waals surface area contributed by atoms with Gasteiger partial charge in [0, 0.05) is 13.2 Å². The fraction of sp³-hybridized carbons (Fsp3) is 1.00. The third-order valence-electron chi connectivity index (χ3n) is 12.7. The maximum atomic E-state index is 11.3. The molecule has 10 atom stereocenters. The van der Waals surface area contributed by atoms with Gasteiger partial charge in [0.2, 0.25) is 0 Å². The van der Waals surface area contributed by atoms with Crippen molar-refractivity contribution in [1.29, 1.82) is 0 Å². The quantitative estimate of drug-likeness (QED) is 0.486. The fourth-order valence-electron chi connectivity index (χ4n) is 10.4. The lowest BCUT2D eigenvalue weighted by molar-refractivity contribution is -0.154. The molecule has 0 unspecified atom stereocenters. The van der Waals surface area contributed by atoms with Gasteiger partial charge >= 0.3 is 0 Å². The summed E-state index contributed by atoms with van der Waals surface area (Å²) in [7, 11) is 0. The molecular weight excluding hydrogens is 408 g/mol. The molecule has 5 rings (SSSR count). The first-order valence-corrected chi connectivity index (χ1v) is 14.7. The molecule has 0 radical (unpaired) electrons. The van der Waals surface area contributed by atoms with E-state index in [1.165, 1.54) is 44.9 Å². The summed E-state index contributed by atoms with van der Waals surface area (Å²) in [5.41, 5.74) is 0.464. The Morgan fingerprint density at radius 1 is 0.879 bits per heavy atom. The molecule has 3 heteroatoms. The summed E-state index contributed by atoms with van der Waals surface area (Å²) in [6.07, 6.45) is 15.5. The Morgan fingerprint density at radius 3 is 2.33 bits per heavy atom. The third-order valence-corrected chi connectivity index (χ3v) is 12.7. The number of hydrogen-bond donors (Lipinski definition) is 2. The fourth-order valence-corrected chi connectivity index (χ4v) is 10.4. The van der Waals surface area contributed by atoms with E-state index in [-0.39, 0.29) is 6.10 Å². The monoisotopic (exact) mass is 460 g/mol. The smallest absolute Gasteiger partial charge is 0.0648 e. The Balaban J connectivity index is 1.28. The molecular formula is C30H52O3. The summed E-state index contributed by atoms with van der Waals surface area (Å²) < 4.78 is 5.55. The molecule has 0 bridgehead atoms. The van der Waals surface area contributed by atoms with Crippen LogP contribution in [0.25, 0.3) is 0 Å². The third kappa shape index (κ3) is 4.14. The van der Waals surface area contributed by atoms with E-state index in [0.717, 1.165) is 75.4 Å². The van der Waals surface area contributed by atoms with E-state index in [0.29, 0.717) is 28.6 Å². The van der Waals surface area contributed by atoms with Crippen LogP contribution in [-0.4, -0.2) is 35.1 Å². The number of aliphatic hydroxyl groups is 2. The molecule has 2 N–H and O–H groups in total. The first kappa shape index (κ1) is 24.6. The lowest BCUT2D eigenvalue weighted by Gasteiger charge is -2.62. The van der Waals surface area contributed by atoms with Crippen LogP contribution in [0.3, 0.4) is 0 Å². The molecule has 5 fully saturated rings. The van der Waals surface area contributed by atoms with Crippen molar-refractivity contribution in [2.75, 3.05) is 13.2 Å². The first-order valence-electron chi connectivity index (χ1n) is 14.7. The van der Waals surface area contributed by atoms with Gasteiger partial charge in [-0.25, -0.2) is 0 Å². The van der Waals surface area contributed by atoms with Crippen molar-refractivity contribution < 1.29 is 14.9 Å². The molecule has 3 nitrogen and oxygen atoms in total. The average Bonchev–Trinajstić information content (AvgIpc) is 3.17. The number of aliphatic hydroxyl groups excluding tert-OH is 1. The van der Waals surface area contributed by atoms with Crippen molar-refractivity contribution >= 4 is 0 Å². The van der Waals surface area contributed by atoms with Crippen LogP contribution >= 0.6 is 0 Å². The minimum Gasteiger partial charge on any atom is -0.393 e. The minimum absolute atomic E-state index is 0.148. The zero-order chi connectivity index (χ0) is 23.4. The van der Waals surface area contributed by atoms with Gasteiger partial charge in [0.15, 0.2) is 0 Å². The zero-order valence-electron chi connectivity index (χ0n) is 22.0. The Kier molecular flexibility index (Phi) is 6.76. The van der Waals surface area contributed by atoms with Gasteiger partial charge in [0.1, 0.15) is 0 Å². The predicted molar refractivity (Wildman–Crippen MR) is 134 cm³/mol. The van der Waals surface area contributed by atoms with Crippen molar-refractivity contribution in [1.82, 2.24) is 0 Å². The minimum atomic E-state index is -0.394. The van der Waals surface area contributed by atoms with Gasteiger partial charge in [-0.15, -0.1) is 0 Å². The molecule has 0 amide bonds. The van der Waals surface area contributed by atoms with Crippen LogP contribution in [0.5, 0.6) is 0 Å². The molecule has 1 heterocycles. The SMILES string of the molecule is CC[C@]1(O)CC[C@@]2(C)[C@@H](CC[C@@H]3[C@@H]2CC[C@]2(C)[C@@H]([C@H](C)[C@@H](O)CC4CCOCC4)CC[C@@H]32)C1. The highest BCUT2D eigenvalue weighted by molar-refractivity contribution is 5.11. The topological polar surface area (TPSA) is 49.7 Å². The summed E-state index contributed by atoms with van der Waals surface area (Å²) in [6.45, 7) is 11.5. The molecule has 0 aromatic rings. The van der Waals surface area contributed by atoms with E-state index >= 15 is 0 Å². The number of hydrogen-bond acceptors (Lipinski definition) is 3. The average molecular weight is 461 g/mol. The van der Waals surface area contributed by atoms with Crippen LogP contribution in [0, 0.1) is 52.3 Å². The van der Waals surface area contributed by atoms with Crippen molar-refractivity contribution in [3.63, 3.8) is 0 Å². The zero-order valence-corrected chi connectivity index (χ0v) is 22.0. The highest BCUT2D eigenvalue weighted by atomic mass is 16.5. The van der Waals surface area contributed by atoms with Crippen LogP contribution in [0.2, 0.25) is 0 Å². The summed E-state index contributed by atoms with van der Waals surface area (Å²) in [4.78, 5) is 0. The largest absolute Gasteiger partial charge is 0.393 e. The van der Waals surface area contributed by atoms with E-state index in [1.807, 2.05) is 0 Å². The second-order valence-electron chi connectivity index (χ2n) is 13.9. The highest BCUT2D eigenvalue weighted by Gasteiger charge is 2.61.